The maximum Gasteiger partial charge on any atom is 0.329 e. The number of benzene rings is 2. The molecule has 160 valence electrons. The maximum atomic E-state index is 12.2. The Hall–Kier alpha value is -3.63. The quantitative estimate of drug-likeness (QED) is 0.276. The zero-order valence-electron chi connectivity index (χ0n) is 15.5. The molecule has 2 N–H and O–H groups in total. The van der Waals surface area contributed by atoms with E-state index in [0.29, 0.717) is 16.0 Å². The molecule has 1 fully saturated rings. The number of carboxylic acids is 1. The normalized spacial score (nSPS) is 14.6. The van der Waals surface area contributed by atoms with Gasteiger partial charge in [-0.1, -0.05) is 23.2 Å². The Morgan fingerprint density at radius 1 is 1.19 bits per heavy atom. The number of nitrogens with zero attached hydrogens (tertiary/aromatic N) is 2. The molecule has 0 saturated carbocycles. The maximum absolute atomic E-state index is 12.2. The summed E-state index contributed by atoms with van der Waals surface area (Å²) in [6.45, 7) is -0.713. The van der Waals surface area contributed by atoms with Gasteiger partial charge in [0.1, 0.15) is 18.8 Å². The van der Waals surface area contributed by atoms with Crippen LogP contribution in [-0.2, 0) is 16.2 Å². The number of rotatable bonds is 7. The van der Waals surface area contributed by atoms with Crippen molar-refractivity contribution in [3.05, 3.63) is 73.4 Å². The largest absolute Gasteiger partial charge is 0.486 e. The number of carbonyl (C=O) groups excluding carboxylic acids is 2. The lowest BCUT2D eigenvalue weighted by Crippen LogP contribution is -2.35. The van der Waals surface area contributed by atoms with Gasteiger partial charge in [-0.2, -0.15) is 0 Å². The molecule has 0 aromatic heterocycles. The molecule has 2 aromatic carbocycles. The molecule has 0 unspecified atom stereocenters. The van der Waals surface area contributed by atoms with E-state index in [1.807, 2.05) is 0 Å². The Labute approximate surface area is 184 Å². The first kappa shape index (κ1) is 22.1. The van der Waals surface area contributed by atoms with Crippen molar-refractivity contribution in [1.82, 2.24) is 10.2 Å². The highest BCUT2D eigenvalue weighted by molar-refractivity contribution is 6.37. The van der Waals surface area contributed by atoms with Gasteiger partial charge >= 0.3 is 12.0 Å². The second-order valence-corrected chi connectivity index (χ2v) is 7.11. The van der Waals surface area contributed by atoms with Crippen molar-refractivity contribution >= 4 is 52.9 Å². The third kappa shape index (κ3) is 5.11. The molecule has 1 aliphatic heterocycles. The Bertz CT molecular complexity index is 1090. The molecule has 2 aromatic rings. The third-order valence-electron chi connectivity index (χ3n) is 4.12. The van der Waals surface area contributed by atoms with E-state index in [0.717, 1.165) is 0 Å². The predicted molar refractivity (Wildman–Crippen MR) is 110 cm³/mol. The Balaban J connectivity index is 1.75. The van der Waals surface area contributed by atoms with E-state index in [2.05, 4.69) is 5.32 Å². The standard InChI is InChI=1S/C19H13Cl2N3O7/c20-13-5-11(7-15-18(27)23(8-16(25)26)19(28)22-15)6-14(21)17(13)31-9-10-1-3-12(4-2-10)24(29)30/h1-7H,8-9H2,(H,22,28)(H,25,26)/b15-7+. The minimum Gasteiger partial charge on any atom is -0.486 e. The molecule has 0 aliphatic carbocycles. The van der Waals surface area contributed by atoms with Gasteiger partial charge < -0.3 is 15.2 Å². The van der Waals surface area contributed by atoms with Gasteiger partial charge in [0, 0.05) is 12.1 Å². The van der Waals surface area contributed by atoms with Gasteiger partial charge in [-0.25, -0.2) is 9.69 Å². The van der Waals surface area contributed by atoms with Crippen molar-refractivity contribution in [3.8, 4) is 5.75 Å². The molecule has 0 bridgehead atoms. The lowest BCUT2D eigenvalue weighted by Gasteiger charge is -2.11. The first-order valence-corrected chi connectivity index (χ1v) is 9.33. The highest BCUT2D eigenvalue weighted by atomic mass is 35.5. The average molecular weight is 466 g/mol. The fraction of sp³-hybridized carbons (Fsp3) is 0.105. The van der Waals surface area contributed by atoms with Crippen molar-refractivity contribution in [2.45, 2.75) is 6.61 Å². The Morgan fingerprint density at radius 3 is 2.35 bits per heavy atom. The molecule has 1 heterocycles. The highest BCUT2D eigenvalue weighted by Gasteiger charge is 2.34. The number of aliphatic carboxylic acids is 1. The Kier molecular flexibility index (Phi) is 6.42. The highest BCUT2D eigenvalue weighted by Crippen LogP contribution is 2.35. The van der Waals surface area contributed by atoms with E-state index < -0.39 is 29.4 Å². The van der Waals surface area contributed by atoms with Gasteiger partial charge in [0.05, 0.1) is 15.0 Å². The van der Waals surface area contributed by atoms with Crippen molar-refractivity contribution < 1.29 is 29.2 Å². The van der Waals surface area contributed by atoms with Crippen LogP contribution in [0.1, 0.15) is 11.1 Å². The van der Waals surface area contributed by atoms with Gasteiger partial charge in [0.2, 0.25) is 0 Å². The SMILES string of the molecule is O=C(O)CN1C(=O)N/C(=C/c2cc(Cl)c(OCc3ccc([N+](=O)[O-])cc3)c(Cl)c2)C1=O. The van der Waals surface area contributed by atoms with E-state index in [-0.39, 0.29) is 33.8 Å². The number of nitro benzene ring substituents is 1. The number of urea groups is 1. The molecule has 0 spiro atoms. The molecular weight excluding hydrogens is 453 g/mol. The molecule has 3 rings (SSSR count). The summed E-state index contributed by atoms with van der Waals surface area (Å²) in [6.07, 6.45) is 1.31. The molecule has 1 saturated heterocycles. The van der Waals surface area contributed by atoms with Crippen LogP contribution in [0.4, 0.5) is 10.5 Å². The van der Waals surface area contributed by atoms with Crippen LogP contribution in [0.15, 0.2) is 42.1 Å². The second kappa shape index (κ2) is 9.02. The van der Waals surface area contributed by atoms with Crippen molar-refractivity contribution in [3.63, 3.8) is 0 Å². The van der Waals surface area contributed by atoms with Crippen molar-refractivity contribution in [1.29, 1.82) is 0 Å². The average Bonchev–Trinajstić information content (AvgIpc) is 2.94. The number of carbonyl (C=O) groups is 3. The van der Waals surface area contributed by atoms with Crippen molar-refractivity contribution in [2.75, 3.05) is 6.54 Å². The zero-order valence-corrected chi connectivity index (χ0v) is 17.0. The minimum absolute atomic E-state index is 0.0484. The molecule has 10 nitrogen and oxygen atoms in total. The fourth-order valence-electron chi connectivity index (χ4n) is 2.69. The number of halogens is 2. The fourth-order valence-corrected chi connectivity index (χ4v) is 3.30. The van der Waals surface area contributed by atoms with Crippen LogP contribution in [0.2, 0.25) is 10.0 Å². The molecule has 3 amide bonds. The van der Waals surface area contributed by atoms with E-state index >= 15 is 0 Å². The first-order valence-electron chi connectivity index (χ1n) is 8.57. The number of nitro groups is 1. The summed E-state index contributed by atoms with van der Waals surface area (Å²) in [5.41, 5.74) is 0.853. The van der Waals surface area contributed by atoms with Gasteiger partial charge in [0.15, 0.2) is 5.75 Å². The van der Waals surface area contributed by atoms with Crippen LogP contribution in [0.25, 0.3) is 6.08 Å². The van der Waals surface area contributed by atoms with Gasteiger partial charge in [0.25, 0.3) is 11.6 Å². The van der Waals surface area contributed by atoms with Crippen LogP contribution in [0.3, 0.4) is 0 Å². The topological polar surface area (TPSA) is 139 Å². The molecule has 12 heteroatoms. The summed E-state index contributed by atoms with van der Waals surface area (Å²) in [5.74, 6) is -1.96. The summed E-state index contributed by atoms with van der Waals surface area (Å²) < 4.78 is 5.61. The van der Waals surface area contributed by atoms with E-state index in [9.17, 15) is 24.5 Å². The second-order valence-electron chi connectivity index (χ2n) is 6.30. The summed E-state index contributed by atoms with van der Waals surface area (Å²) in [6, 6.07) is 7.82. The number of hydrogen-bond acceptors (Lipinski definition) is 6. The van der Waals surface area contributed by atoms with Gasteiger partial charge in [-0.05, 0) is 41.5 Å². The van der Waals surface area contributed by atoms with Crippen LogP contribution in [0, 0.1) is 10.1 Å². The number of ether oxygens (including phenoxy) is 1. The van der Waals surface area contributed by atoms with Gasteiger partial charge in [-0.15, -0.1) is 0 Å². The molecular formula is C19H13Cl2N3O7. The van der Waals surface area contributed by atoms with E-state index in [1.54, 1.807) is 0 Å². The molecule has 0 atom stereocenters. The number of nitrogens with one attached hydrogen (secondary N) is 1. The third-order valence-corrected chi connectivity index (χ3v) is 4.68. The minimum atomic E-state index is -1.33. The van der Waals surface area contributed by atoms with Crippen LogP contribution >= 0.6 is 23.2 Å². The first-order chi connectivity index (χ1) is 14.7. The number of non-ortho nitro benzene ring substituents is 1. The number of imide groups is 1. The number of amides is 3. The number of carboxylic acid groups (broad SMARTS) is 1. The van der Waals surface area contributed by atoms with E-state index in [4.69, 9.17) is 33.0 Å². The van der Waals surface area contributed by atoms with Crippen LogP contribution < -0.4 is 10.1 Å². The molecule has 31 heavy (non-hydrogen) atoms. The van der Waals surface area contributed by atoms with Crippen LogP contribution in [-0.4, -0.2) is 39.4 Å². The summed E-state index contributed by atoms with van der Waals surface area (Å²) in [7, 11) is 0. The van der Waals surface area contributed by atoms with Crippen LogP contribution in [0.5, 0.6) is 5.75 Å². The van der Waals surface area contributed by atoms with Gasteiger partial charge in [-0.3, -0.25) is 19.7 Å². The smallest absolute Gasteiger partial charge is 0.329 e. The Morgan fingerprint density at radius 2 is 1.81 bits per heavy atom. The van der Waals surface area contributed by atoms with Crippen molar-refractivity contribution in [2.24, 2.45) is 0 Å². The van der Waals surface area contributed by atoms with E-state index in [1.165, 1.54) is 42.5 Å². The number of hydrogen-bond donors (Lipinski definition) is 2. The summed E-state index contributed by atoms with van der Waals surface area (Å²) >= 11 is 12.5. The lowest BCUT2D eigenvalue weighted by atomic mass is 10.1. The summed E-state index contributed by atoms with van der Waals surface area (Å²) in [5, 5.41) is 22.0. The predicted octanol–water partition coefficient (Wildman–Crippen LogP) is 3.46. The summed E-state index contributed by atoms with van der Waals surface area (Å²) in [4.78, 5) is 45.5. The lowest BCUT2D eigenvalue weighted by molar-refractivity contribution is -0.384. The molecule has 1 aliphatic rings. The molecule has 0 radical (unpaired) electrons. The monoisotopic (exact) mass is 465 g/mol. The zero-order chi connectivity index (χ0) is 22.7.